The van der Waals surface area contributed by atoms with Crippen LogP contribution in [-0.4, -0.2) is 22.7 Å². The molecule has 1 aromatic rings. The molecule has 0 spiro atoms. The lowest BCUT2D eigenvalue weighted by atomic mass is 9.63. The lowest BCUT2D eigenvalue weighted by Crippen LogP contribution is -2.62. The zero-order valence-electron chi connectivity index (χ0n) is 13.6. The van der Waals surface area contributed by atoms with E-state index in [1.807, 2.05) is 30.3 Å². The van der Waals surface area contributed by atoms with Crippen molar-refractivity contribution in [3.63, 3.8) is 0 Å². The monoisotopic (exact) mass is 329 g/mol. The molecule has 0 radical (unpaired) electrons. The average molecular weight is 329 g/mol. The summed E-state index contributed by atoms with van der Waals surface area (Å²) in [6.45, 7) is 0.155. The highest BCUT2D eigenvalue weighted by Gasteiger charge is 2.60. The van der Waals surface area contributed by atoms with Crippen molar-refractivity contribution in [3.05, 3.63) is 35.9 Å². The predicted molar refractivity (Wildman–Crippen MR) is 87.2 cm³/mol. The molecule has 1 aromatic carbocycles. The second-order valence-corrected chi connectivity index (χ2v) is 7.71. The number of hydrogen-bond acceptors (Lipinski definition) is 3. The number of amides is 1. The first kappa shape index (κ1) is 15.5. The Kier molecular flexibility index (Phi) is 3.74. The lowest BCUT2D eigenvalue weighted by Gasteiger charge is -2.45. The summed E-state index contributed by atoms with van der Waals surface area (Å²) in [6, 6.07) is 9.42. The van der Waals surface area contributed by atoms with E-state index >= 15 is 0 Å². The third-order valence-corrected chi connectivity index (χ3v) is 6.26. The maximum absolute atomic E-state index is 12.3. The van der Waals surface area contributed by atoms with Gasteiger partial charge in [-0.1, -0.05) is 30.3 Å². The van der Waals surface area contributed by atoms with Crippen molar-refractivity contribution < 1.29 is 19.4 Å². The normalized spacial score (nSPS) is 36.3. The van der Waals surface area contributed by atoms with Crippen molar-refractivity contribution >= 4 is 12.1 Å². The molecule has 3 aliphatic rings. The number of aliphatic carboxylic acids is 1. The topological polar surface area (TPSA) is 75.6 Å². The molecule has 5 atom stereocenters. The SMILES string of the molecule is O=C(NC1(C(=O)O)CC2CC3CC(C2)C1C3)OCc1ccccc1. The number of rotatable bonds is 4. The fraction of sp³-hybridized carbons (Fsp3) is 0.579. The van der Waals surface area contributed by atoms with Gasteiger partial charge in [-0.2, -0.15) is 0 Å². The van der Waals surface area contributed by atoms with Gasteiger partial charge in [0, 0.05) is 0 Å². The molecular weight excluding hydrogens is 306 g/mol. The molecule has 5 nitrogen and oxygen atoms in total. The molecule has 3 bridgehead atoms. The van der Waals surface area contributed by atoms with E-state index in [9.17, 15) is 14.7 Å². The number of alkyl carbamates (subject to hydrolysis) is 1. The number of fused-ring (bicyclic) bond motifs is 2. The standard InChI is InChI=1S/C19H23NO4/c21-17(22)19(10-14-6-13-7-15(8-14)16(19)9-13)20-18(23)24-11-12-4-2-1-3-5-12/h1-5,13-16H,6-11H2,(H,20,23)(H,21,22). The first-order valence-electron chi connectivity index (χ1n) is 8.79. The van der Waals surface area contributed by atoms with Crippen LogP contribution in [0.15, 0.2) is 30.3 Å². The van der Waals surface area contributed by atoms with E-state index in [0.717, 1.165) is 31.2 Å². The van der Waals surface area contributed by atoms with E-state index < -0.39 is 17.6 Å². The zero-order valence-corrected chi connectivity index (χ0v) is 13.6. The molecule has 2 N–H and O–H groups in total. The minimum absolute atomic E-state index is 0.0445. The number of nitrogens with one attached hydrogen (secondary N) is 1. The van der Waals surface area contributed by atoms with Crippen LogP contribution in [0.2, 0.25) is 0 Å². The summed E-state index contributed by atoms with van der Waals surface area (Å²) in [5, 5.41) is 12.7. The van der Waals surface area contributed by atoms with Gasteiger partial charge in [-0.3, -0.25) is 0 Å². The molecule has 0 aliphatic heterocycles. The Bertz CT molecular complexity index is 644. The first-order chi connectivity index (χ1) is 11.6. The summed E-state index contributed by atoms with van der Waals surface area (Å²) in [7, 11) is 0. The maximum atomic E-state index is 12.3. The van der Waals surface area contributed by atoms with Crippen LogP contribution in [0.5, 0.6) is 0 Å². The van der Waals surface area contributed by atoms with Crippen molar-refractivity contribution in [2.24, 2.45) is 23.7 Å². The van der Waals surface area contributed by atoms with Gasteiger partial charge in [0.15, 0.2) is 0 Å². The van der Waals surface area contributed by atoms with Gasteiger partial charge in [0.05, 0.1) is 0 Å². The maximum Gasteiger partial charge on any atom is 0.408 e. The summed E-state index contributed by atoms with van der Waals surface area (Å²) >= 11 is 0. The highest BCUT2D eigenvalue weighted by atomic mass is 16.5. The number of carboxylic acids is 1. The number of carbonyl (C=O) groups excluding carboxylic acids is 1. The highest BCUT2D eigenvalue weighted by Crippen LogP contribution is 2.58. The molecule has 128 valence electrons. The number of benzene rings is 1. The van der Waals surface area contributed by atoms with Gasteiger partial charge in [0.25, 0.3) is 0 Å². The minimum atomic E-state index is -1.15. The number of hydrogen-bond donors (Lipinski definition) is 2. The van der Waals surface area contributed by atoms with Crippen LogP contribution >= 0.6 is 0 Å². The molecule has 3 fully saturated rings. The fourth-order valence-electron chi connectivity index (χ4n) is 5.45. The van der Waals surface area contributed by atoms with Crippen LogP contribution in [0.25, 0.3) is 0 Å². The Morgan fingerprint density at radius 2 is 1.88 bits per heavy atom. The molecule has 5 heteroatoms. The second kappa shape index (κ2) is 5.80. The number of carboxylic acid groups (broad SMARTS) is 1. The van der Waals surface area contributed by atoms with Crippen LogP contribution in [0.4, 0.5) is 4.79 Å². The number of ether oxygens (including phenoxy) is 1. The average Bonchev–Trinajstić information content (AvgIpc) is 2.81. The van der Waals surface area contributed by atoms with E-state index in [2.05, 4.69) is 5.32 Å². The molecule has 4 rings (SSSR count). The molecule has 5 unspecified atom stereocenters. The van der Waals surface area contributed by atoms with Crippen LogP contribution in [0.1, 0.15) is 37.7 Å². The van der Waals surface area contributed by atoms with Gasteiger partial charge in [-0.15, -0.1) is 0 Å². The Balaban J connectivity index is 1.48. The van der Waals surface area contributed by atoms with Crippen molar-refractivity contribution in [3.8, 4) is 0 Å². The molecule has 0 aromatic heterocycles. The highest BCUT2D eigenvalue weighted by molar-refractivity contribution is 5.85. The van der Waals surface area contributed by atoms with Gasteiger partial charge < -0.3 is 15.2 Å². The fourth-order valence-corrected chi connectivity index (χ4v) is 5.45. The summed E-state index contributed by atoms with van der Waals surface area (Å²) in [5.74, 6) is 0.637. The minimum Gasteiger partial charge on any atom is -0.479 e. The van der Waals surface area contributed by atoms with E-state index in [1.165, 1.54) is 0 Å². The molecule has 24 heavy (non-hydrogen) atoms. The molecule has 3 aliphatic carbocycles. The summed E-state index contributed by atoms with van der Waals surface area (Å²) in [5.41, 5.74) is -0.256. The van der Waals surface area contributed by atoms with Crippen LogP contribution in [-0.2, 0) is 16.1 Å². The van der Waals surface area contributed by atoms with Crippen LogP contribution in [0, 0.1) is 23.7 Å². The first-order valence-corrected chi connectivity index (χ1v) is 8.79. The Hall–Kier alpha value is -2.04. The van der Waals surface area contributed by atoms with Gasteiger partial charge in [-0.25, -0.2) is 9.59 Å². The van der Waals surface area contributed by atoms with Crippen molar-refractivity contribution in [2.75, 3.05) is 0 Å². The summed E-state index contributed by atoms with van der Waals surface area (Å²) < 4.78 is 5.29. The Morgan fingerprint density at radius 1 is 1.12 bits per heavy atom. The molecule has 1 amide bonds. The van der Waals surface area contributed by atoms with Gasteiger partial charge in [-0.05, 0) is 61.3 Å². The van der Waals surface area contributed by atoms with E-state index in [-0.39, 0.29) is 12.5 Å². The van der Waals surface area contributed by atoms with E-state index in [0.29, 0.717) is 24.2 Å². The van der Waals surface area contributed by atoms with E-state index in [1.54, 1.807) is 0 Å². The Morgan fingerprint density at radius 3 is 2.62 bits per heavy atom. The van der Waals surface area contributed by atoms with Gasteiger partial charge >= 0.3 is 12.1 Å². The lowest BCUT2D eigenvalue weighted by molar-refractivity contribution is -0.151. The molecule has 0 saturated heterocycles. The Labute approximate surface area is 141 Å². The summed E-state index contributed by atoms with van der Waals surface area (Å²) in [4.78, 5) is 24.4. The van der Waals surface area contributed by atoms with E-state index in [4.69, 9.17) is 4.74 Å². The summed E-state index contributed by atoms with van der Waals surface area (Å²) in [6.07, 6.45) is 4.20. The molecular formula is C19H23NO4. The van der Waals surface area contributed by atoms with Gasteiger partial charge in [0.2, 0.25) is 0 Å². The quantitative estimate of drug-likeness (QED) is 0.889. The third kappa shape index (κ3) is 2.56. The van der Waals surface area contributed by atoms with Crippen molar-refractivity contribution in [1.29, 1.82) is 0 Å². The third-order valence-electron chi connectivity index (χ3n) is 6.26. The zero-order chi connectivity index (χ0) is 16.7. The molecule has 0 heterocycles. The largest absolute Gasteiger partial charge is 0.479 e. The van der Waals surface area contributed by atoms with Crippen LogP contribution in [0.3, 0.4) is 0 Å². The second-order valence-electron chi connectivity index (χ2n) is 7.71. The molecule has 3 saturated carbocycles. The van der Waals surface area contributed by atoms with Crippen molar-refractivity contribution in [1.82, 2.24) is 5.32 Å². The number of carbonyl (C=O) groups is 2. The van der Waals surface area contributed by atoms with Crippen molar-refractivity contribution in [2.45, 2.75) is 44.2 Å². The smallest absolute Gasteiger partial charge is 0.408 e. The van der Waals surface area contributed by atoms with Crippen LogP contribution < -0.4 is 5.32 Å². The predicted octanol–water partition coefficient (Wildman–Crippen LogP) is 3.19. The van der Waals surface area contributed by atoms with Gasteiger partial charge in [0.1, 0.15) is 12.1 Å².